The molecule has 0 aromatic carbocycles. The topological polar surface area (TPSA) is 17.0 Å². The van der Waals surface area contributed by atoms with Crippen molar-refractivity contribution in [3.8, 4) is 0 Å². The quantitative estimate of drug-likeness (QED) is 0.769. The van der Waals surface area contributed by atoms with Crippen molar-refractivity contribution in [2.45, 2.75) is 71.0 Å². The molecule has 17 heavy (non-hydrogen) atoms. The van der Waals surface area contributed by atoms with E-state index in [0.717, 1.165) is 19.1 Å². The van der Waals surface area contributed by atoms with Crippen molar-refractivity contribution >= 4 is 0 Å². The molecular weight excluding hydrogens is 208 g/mol. The van der Waals surface area contributed by atoms with Gasteiger partial charge in [0.05, 0.1) is 0 Å². The largest absolute Gasteiger partial charge is 0.354 e. The zero-order chi connectivity index (χ0) is 11.9. The van der Waals surface area contributed by atoms with E-state index in [-0.39, 0.29) is 0 Å². The Labute approximate surface area is 105 Å². The fraction of sp³-hybridized carbons (Fsp3) is 0.733. The Hall–Kier alpha value is -0.760. The molecule has 1 heterocycles. The number of nitrogens with one attached hydrogen (secondary N) is 1. The summed E-state index contributed by atoms with van der Waals surface area (Å²) in [6.45, 7) is 4.41. The molecule has 1 aliphatic carbocycles. The molecule has 1 aliphatic rings. The van der Waals surface area contributed by atoms with Crippen molar-refractivity contribution in [2.75, 3.05) is 0 Å². The molecule has 0 saturated heterocycles. The first-order valence-electron chi connectivity index (χ1n) is 7.26. The van der Waals surface area contributed by atoms with Crippen molar-refractivity contribution in [1.29, 1.82) is 0 Å². The molecule has 1 aromatic rings. The summed E-state index contributed by atoms with van der Waals surface area (Å²) in [5.41, 5.74) is 1.43. The monoisotopic (exact) mass is 234 g/mol. The average Bonchev–Trinajstić information content (AvgIpc) is 2.63. The van der Waals surface area contributed by atoms with Crippen LogP contribution in [-0.4, -0.2) is 10.6 Å². The van der Waals surface area contributed by atoms with E-state index in [9.17, 15) is 0 Å². The van der Waals surface area contributed by atoms with Crippen LogP contribution in [0.3, 0.4) is 0 Å². The zero-order valence-electron chi connectivity index (χ0n) is 11.1. The molecule has 0 spiro atoms. The van der Waals surface area contributed by atoms with Gasteiger partial charge in [-0.15, -0.1) is 0 Å². The van der Waals surface area contributed by atoms with Crippen LogP contribution in [0.1, 0.15) is 57.4 Å². The fourth-order valence-corrected chi connectivity index (χ4v) is 2.74. The number of rotatable bonds is 5. The molecule has 96 valence electrons. The Morgan fingerprint density at radius 3 is 2.71 bits per heavy atom. The normalized spacial score (nSPS) is 18.2. The van der Waals surface area contributed by atoms with Crippen LogP contribution in [0.25, 0.3) is 0 Å². The number of aryl methyl sites for hydroxylation is 1. The number of hydrogen-bond donors (Lipinski definition) is 1. The van der Waals surface area contributed by atoms with Crippen LogP contribution in [0.15, 0.2) is 18.5 Å². The molecule has 0 unspecified atom stereocenters. The molecule has 2 nitrogen and oxygen atoms in total. The highest BCUT2D eigenvalue weighted by atomic mass is 15.0. The van der Waals surface area contributed by atoms with Gasteiger partial charge >= 0.3 is 0 Å². The fourth-order valence-electron chi connectivity index (χ4n) is 2.74. The molecule has 2 heteroatoms. The summed E-state index contributed by atoms with van der Waals surface area (Å²) in [6.07, 6.45) is 14.1. The third kappa shape index (κ3) is 4.19. The third-order valence-corrected chi connectivity index (χ3v) is 3.74. The van der Waals surface area contributed by atoms with E-state index in [1.807, 2.05) is 0 Å². The van der Waals surface area contributed by atoms with Gasteiger partial charge in [0.1, 0.15) is 0 Å². The van der Waals surface area contributed by atoms with Crippen LogP contribution in [0.4, 0.5) is 0 Å². The van der Waals surface area contributed by atoms with Crippen LogP contribution in [-0.2, 0) is 13.1 Å². The number of aromatic nitrogens is 1. The average molecular weight is 234 g/mol. The number of hydrogen-bond acceptors (Lipinski definition) is 1. The molecule has 1 aromatic heterocycles. The summed E-state index contributed by atoms with van der Waals surface area (Å²) < 4.78 is 2.30. The van der Waals surface area contributed by atoms with Crippen molar-refractivity contribution in [3.63, 3.8) is 0 Å². The molecule has 0 amide bonds. The highest BCUT2D eigenvalue weighted by molar-refractivity contribution is 5.10. The van der Waals surface area contributed by atoms with Gasteiger partial charge in [0.15, 0.2) is 0 Å². The summed E-state index contributed by atoms with van der Waals surface area (Å²) in [5.74, 6) is 0. The van der Waals surface area contributed by atoms with Crippen molar-refractivity contribution in [1.82, 2.24) is 9.88 Å². The Bertz CT molecular complexity index is 308. The molecule has 1 N–H and O–H groups in total. The predicted molar refractivity (Wildman–Crippen MR) is 73.1 cm³/mol. The van der Waals surface area contributed by atoms with Gasteiger partial charge in [-0.2, -0.15) is 0 Å². The molecule has 1 fully saturated rings. The standard InChI is InChI=1S/C15H26N2/c1-2-10-17-11-9-14(13-17)12-16-15-7-5-3-4-6-8-15/h9,11,13,15-16H,2-8,10,12H2,1H3. The third-order valence-electron chi connectivity index (χ3n) is 3.74. The minimum Gasteiger partial charge on any atom is -0.354 e. The van der Waals surface area contributed by atoms with E-state index in [0.29, 0.717) is 0 Å². The lowest BCUT2D eigenvalue weighted by Gasteiger charge is -2.15. The first-order valence-corrected chi connectivity index (χ1v) is 7.26. The smallest absolute Gasteiger partial charge is 0.0223 e. The van der Waals surface area contributed by atoms with Crippen molar-refractivity contribution in [2.24, 2.45) is 0 Å². The molecule has 0 radical (unpaired) electrons. The molecule has 0 aliphatic heterocycles. The van der Waals surface area contributed by atoms with Crippen LogP contribution in [0.2, 0.25) is 0 Å². The van der Waals surface area contributed by atoms with E-state index in [1.165, 1.54) is 50.5 Å². The highest BCUT2D eigenvalue weighted by Gasteiger charge is 2.11. The Kier molecular flexibility index (Phi) is 5.11. The lowest BCUT2D eigenvalue weighted by molar-refractivity contribution is 0.459. The zero-order valence-corrected chi connectivity index (χ0v) is 11.1. The Balaban J connectivity index is 1.75. The Morgan fingerprint density at radius 2 is 2.00 bits per heavy atom. The summed E-state index contributed by atoms with van der Waals surface area (Å²) >= 11 is 0. The lowest BCUT2D eigenvalue weighted by Crippen LogP contribution is -2.27. The maximum Gasteiger partial charge on any atom is 0.0223 e. The van der Waals surface area contributed by atoms with Gasteiger partial charge < -0.3 is 9.88 Å². The minimum absolute atomic E-state index is 0.757. The summed E-state index contributed by atoms with van der Waals surface area (Å²) in [6, 6.07) is 3.01. The van der Waals surface area contributed by atoms with Crippen LogP contribution < -0.4 is 5.32 Å². The van der Waals surface area contributed by atoms with Gasteiger partial charge in [-0.1, -0.05) is 32.6 Å². The SMILES string of the molecule is CCCn1ccc(CNC2CCCCCC2)c1. The molecule has 1 saturated carbocycles. The second-order valence-electron chi connectivity index (χ2n) is 5.33. The van der Waals surface area contributed by atoms with Gasteiger partial charge in [0, 0.05) is 31.5 Å². The van der Waals surface area contributed by atoms with Crippen LogP contribution >= 0.6 is 0 Å². The lowest BCUT2D eigenvalue weighted by atomic mass is 10.1. The number of nitrogens with zero attached hydrogens (tertiary/aromatic N) is 1. The van der Waals surface area contributed by atoms with Gasteiger partial charge in [0.25, 0.3) is 0 Å². The maximum atomic E-state index is 3.72. The van der Waals surface area contributed by atoms with Crippen LogP contribution in [0.5, 0.6) is 0 Å². The molecule has 0 bridgehead atoms. The molecule has 2 rings (SSSR count). The molecular formula is C15H26N2. The van der Waals surface area contributed by atoms with Crippen molar-refractivity contribution < 1.29 is 0 Å². The minimum atomic E-state index is 0.757. The predicted octanol–water partition coefficient (Wildman–Crippen LogP) is 3.71. The van der Waals surface area contributed by atoms with Gasteiger partial charge in [-0.05, 0) is 30.9 Å². The first-order chi connectivity index (χ1) is 8.38. The highest BCUT2D eigenvalue weighted by Crippen LogP contribution is 2.17. The molecule has 0 atom stereocenters. The second-order valence-corrected chi connectivity index (χ2v) is 5.33. The second kappa shape index (κ2) is 6.85. The van der Waals surface area contributed by atoms with E-state index in [2.05, 4.69) is 35.3 Å². The van der Waals surface area contributed by atoms with E-state index in [4.69, 9.17) is 0 Å². The Morgan fingerprint density at radius 1 is 1.24 bits per heavy atom. The van der Waals surface area contributed by atoms with E-state index < -0.39 is 0 Å². The summed E-state index contributed by atoms with van der Waals surface area (Å²) in [7, 11) is 0. The summed E-state index contributed by atoms with van der Waals surface area (Å²) in [4.78, 5) is 0. The van der Waals surface area contributed by atoms with Crippen LogP contribution in [0, 0.1) is 0 Å². The van der Waals surface area contributed by atoms with Crippen molar-refractivity contribution in [3.05, 3.63) is 24.0 Å². The van der Waals surface area contributed by atoms with Gasteiger partial charge in [-0.25, -0.2) is 0 Å². The van der Waals surface area contributed by atoms with E-state index >= 15 is 0 Å². The first kappa shape index (κ1) is 12.7. The summed E-state index contributed by atoms with van der Waals surface area (Å²) in [5, 5.41) is 3.72. The van der Waals surface area contributed by atoms with Gasteiger partial charge in [0.2, 0.25) is 0 Å². The van der Waals surface area contributed by atoms with E-state index in [1.54, 1.807) is 0 Å². The maximum absolute atomic E-state index is 3.72. The van der Waals surface area contributed by atoms with Gasteiger partial charge in [-0.3, -0.25) is 0 Å².